The third kappa shape index (κ3) is 3.48. The largest absolute Gasteiger partial charge is 0.340 e. The normalized spacial score (nSPS) is 23.9. The molecule has 0 saturated carbocycles. The minimum absolute atomic E-state index is 0.151. The molecule has 130 valence electrons. The topological polar surface area (TPSA) is 62.2 Å². The zero-order valence-electron chi connectivity index (χ0n) is 14.3. The van der Waals surface area contributed by atoms with Gasteiger partial charge in [0, 0.05) is 62.8 Å². The third-order valence-corrected chi connectivity index (χ3v) is 5.37. The second-order valence-electron chi connectivity index (χ2n) is 7.18. The van der Waals surface area contributed by atoms with Gasteiger partial charge >= 0.3 is 0 Å². The van der Waals surface area contributed by atoms with Gasteiger partial charge in [0.05, 0.1) is 0 Å². The highest BCUT2D eigenvalue weighted by Crippen LogP contribution is 2.39. The Balaban J connectivity index is 1.50. The number of nitrogens with zero attached hydrogens (tertiary/aromatic N) is 5. The Hall–Kier alpha value is -2.50. The van der Waals surface area contributed by atoms with Crippen molar-refractivity contribution in [2.75, 3.05) is 24.5 Å². The minimum Gasteiger partial charge on any atom is -0.340 e. The molecule has 25 heavy (non-hydrogen) atoms. The van der Waals surface area contributed by atoms with Crippen LogP contribution in [0.15, 0.2) is 43.0 Å². The number of hydrogen-bond acceptors (Lipinski definition) is 5. The molecule has 0 N–H and O–H groups in total. The summed E-state index contributed by atoms with van der Waals surface area (Å²) in [5.74, 6) is 1.06. The first kappa shape index (κ1) is 16.0. The summed E-state index contributed by atoms with van der Waals surface area (Å²) in [5.41, 5.74) is 1.29. The van der Waals surface area contributed by atoms with Crippen LogP contribution in [0.5, 0.6) is 0 Å². The van der Waals surface area contributed by atoms with Crippen LogP contribution in [-0.2, 0) is 11.3 Å². The van der Waals surface area contributed by atoms with E-state index in [9.17, 15) is 4.79 Å². The van der Waals surface area contributed by atoms with Crippen LogP contribution in [0, 0.1) is 5.41 Å². The number of amides is 1. The van der Waals surface area contributed by atoms with E-state index in [0.29, 0.717) is 13.0 Å². The van der Waals surface area contributed by atoms with Crippen molar-refractivity contribution in [2.24, 2.45) is 5.41 Å². The number of rotatable bonds is 3. The predicted molar refractivity (Wildman–Crippen MR) is 94.8 cm³/mol. The molecule has 0 unspecified atom stereocenters. The average Bonchev–Trinajstić information content (AvgIpc) is 2.67. The lowest BCUT2D eigenvalue weighted by Crippen LogP contribution is -2.54. The standard InChI is InChI=1S/C19H23N5O/c25-17-3-7-19(15-24(17)13-16-4-10-20-11-5-16)6-1-12-23(14-19)18-21-8-2-9-22-18/h2,4-5,8-11H,1,3,6-7,12-15H2/t19-/m1/s1. The van der Waals surface area contributed by atoms with E-state index < -0.39 is 0 Å². The van der Waals surface area contributed by atoms with Crippen molar-refractivity contribution in [1.82, 2.24) is 19.9 Å². The van der Waals surface area contributed by atoms with Crippen LogP contribution >= 0.6 is 0 Å². The maximum atomic E-state index is 12.4. The van der Waals surface area contributed by atoms with Crippen molar-refractivity contribution in [3.63, 3.8) is 0 Å². The number of aromatic nitrogens is 3. The van der Waals surface area contributed by atoms with Gasteiger partial charge in [-0.05, 0) is 43.0 Å². The number of carbonyl (C=O) groups is 1. The Morgan fingerprint density at radius 1 is 1.04 bits per heavy atom. The highest BCUT2D eigenvalue weighted by Gasteiger charge is 2.42. The number of pyridine rings is 1. The van der Waals surface area contributed by atoms with E-state index >= 15 is 0 Å². The lowest BCUT2D eigenvalue weighted by Gasteiger charge is -2.48. The van der Waals surface area contributed by atoms with Crippen molar-refractivity contribution in [3.05, 3.63) is 48.5 Å². The Bertz CT molecular complexity index is 723. The molecule has 1 amide bonds. The fourth-order valence-corrected chi connectivity index (χ4v) is 4.12. The van der Waals surface area contributed by atoms with Crippen LogP contribution in [-0.4, -0.2) is 45.4 Å². The first-order valence-electron chi connectivity index (χ1n) is 8.93. The first-order chi connectivity index (χ1) is 12.2. The van der Waals surface area contributed by atoms with Gasteiger partial charge in [0.25, 0.3) is 0 Å². The molecule has 2 aliphatic heterocycles. The smallest absolute Gasteiger partial charge is 0.225 e. The lowest BCUT2D eigenvalue weighted by molar-refractivity contribution is -0.138. The SMILES string of the molecule is O=C1CC[C@@]2(CCCN(c3ncccn3)C2)CN1Cc1ccncc1. The van der Waals surface area contributed by atoms with E-state index in [4.69, 9.17) is 0 Å². The molecule has 4 rings (SSSR count). The number of carbonyl (C=O) groups excluding carboxylic acids is 1. The van der Waals surface area contributed by atoms with Crippen LogP contribution in [0.3, 0.4) is 0 Å². The highest BCUT2D eigenvalue weighted by molar-refractivity contribution is 5.77. The summed E-state index contributed by atoms with van der Waals surface area (Å²) in [5, 5.41) is 0. The zero-order chi connectivity index (χ0) is 17.1. The molecule has 1 atom stereocenters. The van der Waals surface area contributed by atoms with Gasteiger partial charge in [-0.3, -0.25) is 9.78 Å². The van der Waals surface area contributed by atoms with Crippen molar-refractivity contribution in [3.8, 4) is 0 Å². The summed E-state index contributed by atoms with van der Waals surface area (Å²) in [7, 11) is 0. The summed E-state index contributed by atoms with van der Waals surface area (Å²) in [6, 6.07) is 5.82. The van der Waals surface area contributed by atoms with E-state index in [0.717, 1.165) is 50.4 Å². The number of anilines is 1. The molecular formula is C19H23N5O. The number of hydrogen-bond donors (Lipinski definition) is 0. The maximum absolute atomic E-state index is 12.4. The maximum Gasteiger partial charge on any atom is 0.225 e. The molecule has 2 aromatic rings. The van der Waals surface area contributed by atoms with Gasteiger partial charge < -0.3 is 9.80 Å². The molecule has 0 bridgehead atoms. The Kier molecular flexibility index (Phi) is 4.34. The Labute approximate surface area is 147 Å². The van der Waals surface area contributed by atoms with Gasteiger partial charge in [0.15, 0.2) is 0 Å². The quantitative estimate of drug-likeness (QED) is 0.860. The molecule has 6 heteroatoms. The van der Waals surface area contributed by atoms with Crippen molar-refractivity contribution < 1.29 is 4.79 Å². The van der Waals surface area contributed by atoms with Gasteiger partial charge in [0.2, 0.25) is 11.9 Å². The van der Waals surface area contributed by atoms with Crippen molar-refractivity contribution in [2.45, 2.75) is 32.2 Å². The molecule has 2 fully saturated rings. The minimum atomic E-state index is 0.151. The van der Waals surface area contributed by atoms with E-state index in [1.54, 1.807) is 24.8 Å². The molecule has 2 aliphatic rings. The summed E-state index contributed by atoms with van der Waals surface area (Å²) in [6.45, 7) is 3.41. The second-order valence-corrected chi connectivity index (χ2v) is 7.18. The average molecular weight is 337 g/mol. The predicted octanol–water partition coefficient (Wildman–Crippen LogP) is 2.28. The Morgan fingerprint density at radius 3 is 2.64 bits per heavy atom. The van der Waals surface area contributed by atoms with Crippen LogP contribution < -0.4 is 4.90 Å². The van der Waals surface area contributed by atoms with E-state index in [2.05, 4.69) is 19.9 Å². The van der Waals surface area contributed by atoms with E-state index in [1.165, 1.54) is 0 Å². The molecule has 0 aliphatic carbocycles. The van der Waals surface area contributed by atoms with Gasteiger partial charge in [-0.25, -0.2) is 9.97 Å². The van der Waals surface area contributed by atoms with Crippen LogP contribution in [0.4, 0.5) is 5.95 Å². The molecule has 1 spiro atoms. The Morgan fingerprint density at radius 2 is 1.84 bits per heavy atom. The highest BCUT2D eigenvalue weighted by atomic mass is 16.2. The molecule has 0 radical (unpaired) electrons. The van der Waals surface area contributed by atoms with Crippen LogP contribution in [0.25, 0.3) is 0 Å². The lowest BCUT2D eigenvalue weighted by atomic mass is 9.73. The zero-order valence-corrected chi connectivity index (χ0v) is 14.3. The fourth-order valence-electron chi connectivity index (χ4n) is 4.12. The van der Waals surface area contributed by atoms with Crippen molar-refractivity contribution >= 4 is 11.9 Å². The van der Waals surface area contributed by atoms with E-state index in [-0.39, 0.29) is 11.3 Å². The second kappa shape index (κ2) is 6.78. The van der Waals surface area contributed by atoms with E-state index in [1.807, 2.05) is 23.1 Å². The monoisotopic (exact) mass is 337 g/mol. The van der Waals surface area contributed by atoms with Gasteiger partial charge in [-0.2, -0.15) is 0 Å². The van der Waals surface area contributed by atoms with Gasteiger partial charge in [-0.15, -0.1) is 0 Å². The molecular weight excluding hydrogens is 314 g/mol. The molecule has 2 saturated heterocycles. The fraction of sp³-hybridized carbons (Fsp3) is 0.474. The van der Waals surface area contributed by atoms with Gasteiger partial charge in [0.1, 0.15) is 0 Å². The van der Waals surface area contributed by atoms with Crippen LogP contribution in [0.1, 0.15) is 31.2 Å². The molecule has 0 aromatic carbocycles. The number of likely N-dealkylation sites (tertiary alicyclic amines) is 1. The van der Waals surface area contributed by atoms with Crippen molar-refractivity contribution in [1.29, 1.82) is 0 Å². The number of piperidine rings is 2. The molecule has 6 nitrogen and oxygen atoms in total. The molecule has 2 aromatic heterocycles. The summed E-state index contributed by atoms with van der Waals surface area (Å²) in [4.78, 5) is 29.6. The summed E-state index contributed by atoms with van der Waals surface area (Å²) >= 11 is 0. The first-order valence-corrected chi connectivity index (χ1v) is 8.93. The molecule has 4 heterocycles. The van der Waals surface area contributed by atoms with Gasteiger partial charge in [-0.1, -0.05) is 0 Å². The third-order valence-electron chi connectivity index (χ3n) is 5.37. The summed E-state index contributed by atoms with van der Waals surface area (Å²) in [6.07, 6.45) is 11.0. The summed E-state index contributed by atoms with van der Waals surface area (Å²) < 4.78 is 0. The van der Waals surface area contributed by atoms with Crippen LogP contribution in [0.2, 0.25) is 0 Å².